The first-order chi connectivity index (χ1) is 9.15. The molecule has 0 saturated carbocycles. The highest BCUT2D eigenvalue weighted by Gasteiger charge is 2.14. The van der Waals surface area contributed by atoms with E-state index in [1.54, 1.807) is 12.1 Å². The summed E-state index contributed by atoms with van der Waals surface area (Å²) in [6.45, 7) is 3.91. The van der Waals surface area contributed by atoms with E-state index in [1.807, 2.05) is 0 Å². The zero-order valence-corrected chi connectivity index (χ0v) is 12.2. The van der Waals surface area contributed by atoms with Crippen LogP contribution in [-0.2, 0) is 4.79 Å². The maximum atomic E-state index is 13.6. The molecule has 1 saturated heterocycles. The van der Waals surface area contributed by atoms with Crippen LogP contribution in [0.4, 0.5) is 10.1 Å². The molecule has 19 heavy (non-hydrogen) atoms. The predicted molar refractivity (Wildman–Crippen MR) is 76.7 cm³/mol. The summed E-state index contributed by atoms with van der Waals surface area (Å²) in [5.74, 6) is -0.608. The average molecular weight is 330 g/mol. The van der Waals surface area contributed by atoms with Crippen molar-refractivity contribution in [2.24, 2.45) is 0 Å². The molecule has 0 spiro atoms. The third kappa shape index (κ3) is 4.56. The van der Waals surface area contributed by atoms with Crippen molar-refractivity contribution >= 4 is 27.5 Å². The number of nitrogens with zero attached hydrogens (tertiary/aromatic N) is 1. The van der Waals surface area contributed by atoms with Crippen LogP contribution in [0.1, 0.15) is 6.42 Å². The third-order valence-corrected chi connectivity index (χ3v) is 3.50. The Labute approximate surface area is 120 Å². The summed E-state index contributed by atoms with van der Waals surface area (Å²) in [4.78, 5) is 14.0. The molecule has 2 N–H and O–H groups in total. The average Bonchev–Trinajstić information content (AvgIpc) is 2.61. The largest absolute Gasteiger partial charge is 0.322 e. The highest BCUT2D eigenvalue weighted by atomic mass is 79.9. The molecule has 0 aromatic heterocycles. The minimum absolute atomic E-state index is 0.178. The van der Waals surface area contributed by atoms with Crippen molar-refractivity contribution in [1.29, 1.82) is 0 Å². The van der Waals surface area contributed by atoms with Crippen LogP contribution >= 0.6 is 15.9 Å². The third-order valence-electron chi connectivity index (χ3n) is 3.01. The summed E-state index contributed by atoms with van der Waals surface area (Å²) in [7, 11) is 0. The molecule has 1 fully saturated rings. The number of rotatable bonds is 3. The van der Waals surface area contributed by atoms with E-state index >= 15 is 0 Å². The van der Waals surface area contributed by atoms with Crippen molar-refractivity contribution in [3.05, 3.63) is 28.5 Å². The fraction of sp³-hybridized carbons (Fsp3) is 0.462. The second-order valence-electron chi connectivity index (χ2n) is 4.55. The number of amides is 1. The fourth-order valence-corrected chi connectivity index (χ4v) is 2.38. The van der Waals surface area contributed by atoms with Crippen molar-refractivity contribution in [2.45, 2.75) is 6.42 Å². The van der Waals surface area contributed by atoms with Gasteiger partial charge in [0.15, 0.2) is 0 Å². The Balaban J connectivity index is 1.89. The van der Waals surface area contributed by atoms with Crippen LogP contribution < -0.4 is 10.6 Å². The van der Waals surface area contributed by atoms with E-state index in [4.69, 9.17) is 0 Å². The first-order valence-electron chi connectivity index (χ1n) is 6.33. The van der Waals surface area contributed by atoms with E-state index in [9.17, 15) is 9.18 Å². The molecule has 1 aliphatic rings. The second kappa shape index (κ2) is 6.98. The fourth-order valence-electron chi connectivity index (χ4n) is 2.04. The Hall–Kier alpha value is -0.980. The number of hydrogen-bond acceptors (Lipinski definition) is 3. The van der Waals surface area contributed by atoms with Crippen LogP contribution in [0.25, 0.3) is 0 Å². The Bertz CT molecular complexity index is 448. The number of hydrogen-bond donors (Lipinski definition) is 2. The summed E-state index contributed by atoms with van der Waals surface area (Å²) in [5.41, 5.74) is 0.223. The van der Waals surface area contributed by atoms with Gasteiger partial charge in [0.2, 0.25) is 5.91 Å². The lowest BCUT2D eigenvalue weighted by Gasteiger charge is -2.18. The summed E-state index contributed by atoms with van der Waals surface area (Å²) >= 11 is 3.18. The van der Waals surface area contributed by atoms with Gasteiger partial charge in [0.05, 0.1) is 12.2 Å². The standard InChI is InChI=1S/C13H17BrFN3O/c14-10-2-3-12(11(15)8-10)17-13(19)9-18-6-1-4-16-5-7-18/h2-3,8,16H,1,4-7,9H2,(H,17,19). The monoisotopic (exact) mass is 329 g/mol. The molecule has 4 nitrogen and oxygen atoms in total. The van der Waals surface area contributed by atoms with Crippen molar-refractivity contribution in [2.75, 3.05) is 38.0 Å². The molecule has 1 aromatic carbocycles. The second-order valence-corrected chi connectivity index (χ2v) is 5.47. The molecule has 6 heteroatoms. The number of anilines is 1. The van der Waals surface area contributed by atoms with Gasteiger partial charge in [-0.05, 0) is 37.7 Å². The van der Waals surface area contributed by atoms with Gasteiger partial charge < -0.3 is 10.6 Å². The zero-order valence-electron chi connectivity index (χ0n) is 10.6. The number of benzene rings is 1. The summed E-state index contributed by atoms with van der Waals surface area (Å²) in [6, 6.07) is 4.60. The molecule has 0 radical (unpaired) electrons. The van der Waals surface area contributed by atoms with Gasteiger partial charge in [0.1, 0.15) is 5.82 Å². The molecule has 0 unspecified atom stereocenters. The van der Waals surface area contributed by atoms with Gasteiger partial charge in [-0.3, -0.25) is 9.69 Å². The Morgan fingerprint density at radius 1 is 1.42 bits per heavy atom. The van der Waals surface area contributed by atoms with Gasteiger partial charge in [-0.25, -0.2) is 4.39 Å². The van der Waals surface area contributed by atoms with Gasteiger partial charge >= 0.3 is 0 Å². The maximum absolute atomic E-state index is 13.6. The van der Waals surface area contributed by atoms with Crippen molar-refractivity contribution in [3.8, 4) is 0 Å². The lowest BCUT2D eigenvalue weighted by atomic mass is 10.3. The lowest BCUT2D eigenvalue weighted by Crippen LogP contribution is -2.35. The topological polar surface area (TPSA) is 44.4 Å². The molecule has 1 heterocycles. The Morgan fingerprint density at radius 2 is 2.26 bits per heavy atom. The normalized spacial score (nSPS) is 16.9. The van der Waals surface area contributed by atoms with Crippen LogP contribution in [0.15, 0.2) is 22.7 Å². The number of carbonyl (C=O) groups excluding carboxylic acids is 1. The van der Waals surface area contributed by atoms with Crippen molar-refractivity contribution in [1.82, 2.24) is 10.2 Å². The zero-order chi connectivity index (χ0) is 13.7. The predicted octanol–water partition coefficient (Wildman–Crippen LogP) is 1.82. The van der Waals surface area contributed by atoms with Gasteiger partial charge in [-0.2, -0.15) is 0 Å². The highest BCUT2D eigenvalue weighted by Crippen LogP contribution is 2.19. The summed E-state index contributed by atoms with van der Waals surface area (Å²) < 4.78 is 14.2. The van der Waals surface area contributed by atoms with Crippen molar-refractivity contribution < 1.29 is 9.18 Å². The molecule has 104 valence electrons. The van der Waals surface area contributed by atoms with Gasteiger partial charge in [-0.15, -0.1) is 0 Å². The van der Waals surface area contributed by atoms with Crippen molar-refractivity contribution in [3.63, 3.8) is 0 Å². The SMILES string of the molecule is O=C(CN1CCCNCC1)Nc1ccc(Br)cc1F. The van der Waals surface area contributed by atoms with E-state index in [1.165, 1.54) is 6.07 Å². The molecule has 0 atom stereocenters. The quantitative estimate of drug-likeness (QED) is 0.889. The lowest BCUT2D eigenvalue weighted by molar-refractivity contribution is -0.117. The van der Waals surface area contributed by atoms with Crippen LogP contribution in [0.3, 0.4) is 0 Å². The Morgan fingerprint density at radius 3 is 3.05 bits per heavy atom. The summed E-state index contributed by atoms with van der Waals surface area (Å²) in [5, 5.41) is 5.89. The number of carbonyl (C=O) groups is 1. The molecule has 0 bridgehead atoms. The first kappa shape index (κ1) is 14.4. The maximum Gasteiger partial charge on any atom is 0.238 e. The van der Waals surface area contributed by atoms with Crippen LogP contribution in [0.5, 0.6) is 0 Å². The first-order valence-corrected chi connectivity index (χ1v) is 7.12. The van der Waals surface area contributed by atoms with E-state index in [0.717, 1.165) is 32.6 Å². The molecule has 1 aliphatic heterocycles. The summed E-state index contributed by atoms with van der Waals surface area (Å²) in [6.07, 6.45) is 1.03. The van der Waals surface area contributed by atoms with Gasteiger partial charge in [-0.1, -0.05) is 15.9 Å². The smallest absolute Gasteiger partial charge is 0.238 e. The molecule has 0 aliphatic carbocycles. The van der Waals surface area contributed by atoms with E-state index in [2.05, 4.69) is 31.5 Å². The highest BCUT2D eigenvalue weighted by molar-refractivity contribution is 9.10. The van der Waals surface area contributed by atoms with Crippen LogP contribution in [-0.4, -0.2) is 43.5 Å². The minimum Gasteiger partial charge on any atom is -0.322 e. The minimum atomic E-state index is -0.430. The van der Waals surface area contributed by atoms with E-state index < -0.39 is 5.82 Å². The van der Waals surface area contributed by atoms with E-state index in [-0.39, 0.29) is 11.6 Å². The van der Waals surface area contributed by atoms with Gasteiger partial charge in [0, 0.05) is 17.6 Å². The van der Waals surface area contributed by atoms with E-state index in [0.29, 0.717) is 11.0 Å². The van der Waals surface area contributed by atoms with Crippen LogP contribution in [0, 0.1) is 5.82 Å². The van der Waals surface area contributed by atoms with Crippen LogP contribution in [0.2, 0.25) is 0 Å². The molecular weight excluding hydrogens is 313 g/mol. The number of nitrogens with one attached hydrogen (secondary N) is 2. The van der Waals surface area contributed by atoms with Gasteiger partial charge in [0.25, 0.3) is 0 Å². The molecule has 1 aromatic rings. The Kier molecular flexibility index (Phi) is 5.30. The molecule has 1 amide bonds. The molecule has 2 rings (SSSR count). The number of halogens is 2. The molecular formula is C13H17BrFN3O.